The minimum Gasteiger partial charge on any atom is -0.399 e. The Morgan fingerprint density at radius 1 is 0.964 bits per heavy atom. The number of thiophene rings is 1. The predicted octanol–water partition coefficient (Wildman–Crippen LogP) is 4.87. The number of fused-ring (bicyclic) bond motifs is 1. The van der Waals surface area contributed by atoms with Gasteiger partial charge in [0, 0.05) is 22.3 Å². The maximum atomic E-state index is 5.97. The van der Waals surface area contributed by atoms with Gasteiger partial charge in [-0.15, -0.1) is 0 Å². The molecule has 6 nitrogen and oxygen atoms in total. The van der Waals surface area contributed by atoms with Crippen LogP contribution >= 0.6 is 11.3 Å². The van der Waals surface area contributed by atoms with Crippen LogP contribution in [0.1, 0.15) is 0 Å². The Morgan fingerprint density at radius 3 is 2.64 bits per heavy atom. The van der Waals surface area contributed by atoms with Crippen molar-refractivity contribution in [3.05, 3.63) is 77.8 Å². The van der Waals surface area contributed by atoms with Gasteiger partial charge in [0.1, 0.15) is 6.33 Å². The highest BCUT2D eigenvalue weighted by molar-refractivity contribution is 7.08. The van der Waals surface area contributed by atoms with Crippen LogP contribution in [0.5, 0.6) is 0 Å². The highest BCUT2D eigenvalue weighted by Gasteiger charge is 2.16. The zero-order valence-corrected chi connectivity index (χ0v) is 15.6. The van der Waals surface area contributed by atoms with E-state index in [1.807, 2.05) is 70.6 Å². The molecule has 0 spiro atoms. The standard InChI is InChI=1S/C21H16N6S/c22-15-6-4-5-14(11-15)19-25-20(24-16-7-2-1-3-8-16)18-21(26-19)27(13-23-18)17-9-10-28-12-17/h1-13H,22H2,(H,24,25,26). The summed E-state index contributed by atoms with van der Waals surface area (Å²) in [6, 6.07) is 19.5. The van der Waals surface area contributed by atoms with Crippen molar-refractivity contribution in [2.75, 3.05) is 11.1 Å². The lowest BCUT2D eigenvalue weighted by molar-refractivity contribution is 1.07. The van der Waals surface area contributed by atoms with Gasteiger partial charge in [-0.3, -0.25) is 4.57 Å². The van der Waals surface area contributed by atoms with Gasteiger partial charge in [0.25, 0.3) is 0 Å². The van der Waals surface area contributed by atoms with E-state index in [-0.39, 0.29) is 0 Å². The molecule has 0 aliphatic rings. The molecule has 0 saturated carbocycles. The van der Waals surface area contributed by atoms with Gasteiger partial charge in [-0.25, -0.2) is 15.0 Å². The normalized spacial score (nSPS) is 11.0. The van der Waals surface area contributed by atoms with Crippen molar-refractivity contribution in [2.24, 2.45) is 0 Å². The molecule has 5 rings (SSSR count). The van der Waals surface area contributed by atoms with Crippen molar-refractivity contribution in [1.29, 1.82) is 0 Å². The van der Waals surface area contributed by atoms with Gasteiger partial charge in [-0.1, -0.05) is 30.3 Å². The van der Waals surface area contributed by atoms with Gasteiger partial charge >= 0.3 is 0 Å². The molecule has 0 saturated heterocycles. The van der Waals surface area contributed by atoms with Crippen molar-refractivity contribution >= 4 is 39.7 Å². The highest BCUT2D eigenvalue weighted by atomic mass is 32.1. The Hall–Kier alpha value is -3.71. The van der Waals surface area contributed by atoms with E-state index in [9.17, 15) is 0 Å². The lowest BCUT2D eigenvalue weighted by Crippen LogP contribution is -2.01. The number of imidazole rings is 1. The summed E-state index contributed by atoms with van der Waals surface area (Å²) >= 11 is 1.63. The third-order valence-electron chi connectivity index (χ3n) is 4.36. The zero-order chi connectivity index (χ0) is 18.9. The first-order valence-electron chi connectivity index (χ1n) is 8.73. The number of nitrogens with zero attached hydrogens (tertiary/aromatic N) is 4. The molecule has 136 valence electrons. The minimum atomic E-state index is 0.593. The molecule has 3 heterocycles. The molecule has 0 fully saturated rings. The quantitative estimate of drug-likeness (QED) is 0.432. The van der Waals surface area contributed by atoms with Crippen molar-refractivity contribution in [3.8, 4) is 17.1 Å². The molecule has 2 aromatic carbocycles. The van der Waals surface area contributed by atoms with Gasteiger partial charge in [0.05, 0.1) is 5.69 Å². The molecule has 0 aliphatic heterocycles. The van der Waals surface area contributed by atoms with E-state index < -0.39 is 0 Å². The fourth-order valence-electron chi connectivity index (χ4n) is 3.04. The largest absolute Gasteiger partial charge is 0.399 e. The van der Waals surface area contributed by atoms with Crippen molar-refractivity contribution < 1.29 is 0 Å². The predicted molar refractivity (Wildman–Crippen MR) is 114 cm³/mol. The first-order valence-corrected chi connectivity index (χ1v) is 9.68. The first kappa shape index (κ1) is 16.5. The Labute approximate surface area is 165 Å². The van der Waals surface area contributed by atoms with Crippen LogP contribution in [-0.2, 0) is 0 Å². The van der Waals surface area contributed by atoms with E-state index in [4.69, 9.17) is 15.7 Å². The molecular weight excluding hydrogens is 368 g/mol. The van der Waals surface area contributed by atoms with E-state index in [0.717, 1.165) is 22.6 Å². The van der Waals surface area contributed by atoms with Crippen LogP contribution in [0.3, 0.4) is 0 Å². The van der Waals surface area contributed by atoms with E-state index in [1.165, 1.54) is 0 Å². The second-order valence-electron chi connectivity index (χ2n) is 6.28. The average molecular weight is 384 g/mol. The molecule has 0 aliphatic carbocycles. The van der Waals surface area contributed by atoms with E-state index in [2.05, 4.69) is 15.7 Å². The first-order chi connectivity index (χ1) is 13.8. The van der Waals surface area contributed by atoms with Gasteiger partial charge in [0.15, 0.2) is 22.8 Å². The van der Waals surface area contributed by atoms with Gasteiger partial charge in [-0.2, -0.15) is 11.3 Å². The van der Waals surface area contributed by atoms with Crippen molar-refractivity contribution in [2.45, 2.75) is 0 Å². The van der Waals surface area contributed by atoms with Crippen LogP contribution in [0.25, 0.3) is 28.2 Å². The fraction of sp³-hybridized carbons (Fsp3) is 0. The number of hydrogen-bond acceptors (Lipinski definition) is 6. The number of benzene rings is 2. The summed E-state index contributed by atoms with van der Waals surface area (Å²) in [5.41, 5.74) is 10.9. The third kappa shape index (κ3) is 2.97. The third-order valence-corrected chi connectivity index (χ3v) is 5.03. The van der Waals surface area contributed by atoms with Crippen LogP contribution in [-0.4, -0.2) is 19.5 Å². The Bertz CT molecular complexity index is 1240. The van der Waals surface area contributed by atoms with Crippen molar-refractivity contribution in [1.82, 2.24) is 19.5 Å². The minimum absolute atomic E-state index is 0.593. The summed E-state index contributed by atoms with van der Waals surface area (Å²) < 4.78 is 1.97. The molecule has 0 amide bonds. The second kappa shape index (κ2) is 6.79. The molecule has 0 bridgehead atoms. The number of aromatic nitrogens is 4. The Kier molecular flexibility index (Phi) is 3.99. The summed E-state index contributed by atoms with van der Waals surface area (Å²) in [7, 11) is 0. The smallest absolute Gasteiger partial charge is 0.170 e. The topological polar surface area (TPSA) is 81.6 Å². The van der Waals surface area contributed by atoms with Gasteiger partial charge in [0.2, 0.25) is 0 Å². The molecular formula is C21H16N6S. The molecule has 28 heavy (non-hydrogen) atoms. The second-order valence-corrected chi connectivity index (χ2v) is 7.06. The summed E-state index contributed by atoms with van der Waals surface area (Å²) in [4.78, 5) is 14.1. The number of nitrogens with two attached hydrogens (primary N) is 1. The molecule has 3 aromatic heterocycles. The summed E-state index contributed by atoms with van der Waals surface area (Å²) in [5, 5.41) is 7.47. The van der Waals surface area contributed by atoms with Gasteiger partial charge in [-0.05, 0) is 35.7 Å². The molecule has 3 N–H and O–H groups in total. The lowest BCUT2D eigenvalue weighted by atomic mass is 10.2. The highest BCUT2D eigenvalue weighted by Crippen LogP contribution is 2.29. The van der Waals surface area contributed by atoms with Crippen LogP contribution in [0.15, 0.2) is 77.8 Å². The fourth-order valence-corrected chi connectivity index (χ4v) is 3.66. The van der Waals surface area contributed by atoms with Crippen molar-refractivity contribution in [3.63, 3.8) is 0 Å². The van der Waals surface area contributed by atoms with E-state index in [0.29, 0.717) is 22.8 Å². The molecule has 0 radical (unpaired) electrons. The number of rotatable bonds is 4. The number of nitrogens with one attached hydrogen (secondary N) is 1. The van der Waals surface area contributed by atoms with Crippen LogP contribution in [0, 0.1) is 0 Å². The van der Waals surface area contributed by atoms with E-state index in [1.54, 1.807) is 17.7 Å². The average Bonchev–Trinajstić information content (AvgIpc) is 3.38. The van der Waals surface area contributed by atoms with Crippen LogP contribution < -0.4 is 11.1 Å². The van der Waals surface area contributed by atoms with E-state index >= 15 is 0 Å². The van der Waals surface area contributed by atoms with Crippen LogP contribution in [0.4, 0.5) is 17.2 Å². The molecule has 0 unspecified atom stereocenters. The maximum Gasteiger partial charge on any atom is 0.170 e. The number of hydrogen-bond donors (Lipinski definition) is 2. The summed E-state index contributed by atoms with van der Waals surface area (Å²) in [5.74, 6) is 1.25. The molecule has 0 atom stereocenters. The Balaban J connectivity index is 1.73. The summed E-state index contributed by atoms with van der Waals surface area (Å²) in [6.07, 6.45) is 1.78. The summed E-state index contributed by atoms with van der Waals surface area (Å²) in [6.45, 7) is 0. The monoisotopic (exact) mass is 384 g/mol. The van der Waals surface area contributed by atoms with Gasteiger partial charge < -0.3 is 11.1 Å². The molecule has 5 aromatic rings. The SMILES string of the molecule is Nc1cccc(-c2nc(Nc3ccccc3)c3ncn(-c4ccsc4)c3n2)c1. The lowest BCUT2D eigenvalue weighted by Gasteiger charge is -2.10. The Morgan fingerprint density at radius 2 is 1.86 bits per heavy atom. The zero-order valence-electron chi connectivity index (χ0n) is 14.8. The maximum absolute atomic E-state index is 5.97. The number of para-hydroxylation sites is 1. The van der Waals surface area contributed by atoms with Crippen LogP contribution in [0.2, 0.25) is 0 Å². The molecule has 7 heteroatoms. The number of nitrogen functional groups attached to an aromatic ring is 1. The number of anilines is 3.